The minimum atomic E-state index is -0.477. The van der Waals surface area contributed by atoms with Crippen molar-refractivity contribution in [2.75, 3.05) is 9.80 Å². The zero-order valence-corrected chi connectivity index (χ0v) is 52.9. The standard InChI is InChI=1S/C92H66N2/c1-89(2)59-90(3,64-42-48-67(49-43-64)93(65-44-38-62(39-45-65)60-22-6-4-7-23-60)68-50-53-77-75-30-14-20-36-83(75)91(86(77)56-68)79-32-16-10-26-71(79)72-27-11-17-33-80(72)91)88-58-70(52-55-85(88)89)94(66-46-40-63(41-47-66)61-24-8-5-9-25-61)69-51-54-78-76-31-15-21-37-84(76)92(87(78)57-69)81-34-18-12-28-73(81)74-29-13-19-35-82(74)92/h4-58H,59H2,1-3H3. The number of anilines is 6. The number of hydrogen-bond donors (Lipinski definition) is 0. The Balaban J connectivity index is 0.755. The first kappa shape index (κ1) is 54.4. The van der Waals surface area contributed by atoms with E-state index in [2.05, 4.69) is 364 Å². The molecule has 0 aliphatic heterocycles. The summed E-state index contributed by atoms with van der Waals surface area (Å²) < 4.78 is 0. The van der Waals surface area contributed by atoms with Gasteiger partial charge in [0.1, 0.15) is 0 Å². The molecule has 5 aliphatic rings. The molecule has 0 N–H and O–H groups in total. The maximum atomic E-state index is 2.54. The van der Waals surface area contributed by atoms with Gasteiger partial charge in [-0.15, -0.1) is 0 Å². The van der Waals surface area contributed by atoms with Crippen molar-refractivity contribution in [2.45, 2.75) is 48.9 Å². The largest absolute Gasteiger partial charge is 0.310 e. The van der Waals surface area contributed by atoms with Gasteiger partial charge in [0.25, 0.3) is 0 Å². The number of hydrogen-bond acceptors (Lipinski definition) is 2. The summed E-state index contributed by atoms with van der Waals surface area (Å²) in [5.74, 6) is 0. The summed E-state index contributed by atoms with van der Waals surface area (Å²) in [4.78, 5) is 5.01. The summed E-state index contributed by atoms with van der Waals surface area (Å²) in [6.45, 7) is 7.39. The van der Waals surface area contributed by atoms with Crippen molar-refractivity contribution < 1.29 is 0 Å². The molecule has 2 nitrogen and oxygen atoms in total. The van der Waals surface area contributed by atoms with Gasteiger partial charge < -0.3 is 9.80 Å². The first-order valence-corrected chi connectivity index (χ1v) is 33.3. The highest BCUT2D eigenvalue weighted by atomic mass is 15.1. The molecule has 14 aromatic rings. The molecule has 5 aliphatic carbocycles. The molecular formula is C92H66N2. The Bertz CT molecular complexity index is 5260. The maximum absolute atomic E-state index is 2.54. The monoisotopic (exact) mass is 1200 g/mol. The van der Waals surface area contributed by atoms with Crippen molar-refractivity contribution in [3.8, 4) is 66.8 Å². The first-order valence-electron chi connectivity index (χ1n) is 33.3. The topological polar surface area (TPSA) is 6.48 Å². The van der Waals surface area contributed by atoms with E-state index in [0.29, 0.717) is 0 Å². The lowest BCUT2D eigenvalue weighted by Crippen LogP contribution is -2.26. The average Bonchev–Trinajstić information content (AvgIpc) is 1.52. The highest BCUT2D eigenvalue weighted by Crippen LogP contribution is 2.66. The Kier molecular flexibility index (Phi) is 11.8. The first-order chi connectivity index (χ1) is 46.2. The molecule has 0 radical (unpaired) electrons. The molecule has 94 heavy (non-hydrogen) atoms. The smallest absolute Gasteiger partial charge is 0.0726 e. The van der Waals surface area contributed by atoms with Gasteiger partial charge in [0.15, 0.2) is 0 Å². The highest BCUT2D eigenvalue weighted by molar-refractivity contribution is 5.99. The molecule has 0 fully saturated rings. The van der Waals surface area contributed by atoms with Gasteiger partial charge in [-0.3, -0.25) is 0 Å². The van der Waals surface area contributed by atoms with E-state index in [1.807, 2.05) is 0 Å². The van der Waals surface area contributed by atoms with Crippen LogP contribution in [0.3, 0.4) is 0 Å². The van der Waals surface area contributed by atoms with Crippen molar-refractivity contribution in [3.63, 3.8) is 0 Å². The summed E-state index contributed by atoms with van der Waals surface area (Å²) in [7, 11) is 0. The van der Waals surface area contributed by atoms with Crippen molar-refractivity contribution in [1.82, 2.24) is 0 Å². The Labute approximate surface area is 551 Å². The molecular weight excluding hydrogens is 1130 g/mol. The fourth-order valence-corrected chi connectivity index (χ4v) is 18.2. The zero-order chi connectivity index (χ0) is 62.5. The normalized spacial score (nSPS) is 16.1. The Morgan fingerprint density at radius 2 is 0.479 bits per heavy atom. The fraction of sp³-hybridized carbons (Fsp3) is 0.0870. The van der Waals surface area contributed by atoms with Gasteiger partial charge in [0.2, 0.25) is 0 Å². The fourth-order valence-electron chi connectivity index (χ4n) is 18.2. The van der Waals surface area contributed by atoms with E-state index in [1.165, 1.54) is 128 Å². The van der Waals surface area contributed by atoms with Crippen LogP contribution in [0.25, 0.3) is 66.8 Å². The van der Waals surface area contributed by atoms with Gasteiger partial charge in [-0.1, -0.05) is 282 Å². The molecule has 1 atom stereocenters. The second-order valence-electron chi connectivity index (χ2n) is 27.4. The number of fused-ring (bicyclic) bond motifs is 21. The molecule has 0 bridgehead atoms. The number of nitrogens with zero attached hydrogens (tertiary/aromatic N) is 2. The van der Waals surface area contributed by atoms with E-state index in [1.54, 1.807) is 0 Å². The van der Waals surface area contributed by atoms with Crippen LogP contribution in [0.5, 0.6) is 0 Å². The zero-order valence-electron chi connectivity index (χ0n) is 52.9. The summed E-state index contributed by atoms with van der Waals surface area (Å²) in [6, 6.07) is 126. The second-order valence-corrected chi connectivity index (χ2v) is 27.4. The van der Waals surface area contributed by atoms with Crippen LogP contribution >= 0.6 is 0 Å². The predicted octanol–water partition coefficient (Wildman–Crippen LogP) is 23.6. The third-order valence-electron chi connectivity index (χ3n) is 22.1. The average molecular weight is 1200 g/mol. The Morgan fingerprint density at radius 3 is 0.840 bits per heavy atom. The number of benzene rings is 14. The second kappa shape index (κ2) is 20.3. The lowest BCUT2D eigenvalue weighted by Gasteiger charge is -2.33. The molecule has 0 saturated heterocycles. The van der Waals surface area contributed by atoms with Crippen LogP contribution in [0.4, 0.5) is 34.1 Å². The van der Waals surface area contributed by atoms with Crippen LogP contribution in [0, 0.1) is 0 Å². The van der Waals surface area contributed by atoms with Gasteiger partial charge >= 0.3 is 0 Å². The van der Waals surface area contributed by atoms with Crippen molar-refractivity contribution in [2.24, 2.45) is 0 Å². The predicted molar refractivity (Wildman–Crippen MR) is 390 cm³/mol. The molecule has 1 unspecified atom stereocenters. The molecule has 14 aromatic carbocycles. The van der Waals surface area contributed by atoms with Gasteiger partial charge in [0.05, 0.1) is 10.8 Å². The maximum Gasteiger partial charge on any atom is 0.0726 e. The minimum Gasteiger partial charge on any atom is -0.310 e. The van der Waals surface area contributed by atoms with E-state index in [0.717, 1.165) is 40.5 Å². The molecule has 2 heteroatoms. The van der Waals surface area contributed by atoms with Crippen LogP contribution < -0.4 is 9.80 Å². The summed E-state index contributed by atoms with van der Waals surface area (Å²) in [5.41, 5.74) is 35.3. The van der Waals surface area contributed by atoms with Gasteiger partial charge in [-0.25, -0.2) is 0 Å². The lowest BCUT2D eigenvalue weighted by molar-refractivity contribution is 0.425. The van der Waals surface area contributed by atoms with Crippen LogP contribution in [-0.4, -0.2) is 0 Å². The van der Waals surface area contributed by atoms with Crippen LogP contribution in [0.15, 0.2) is 334 Å². The van der Waals surface area contributed by atoms with E-state index in [-0.39, 0.29) is 10.8 Å². The SMILES string of the molecule is CC1(C)CC(C)(c2ccc(N(c3ccc(-c4ccccc4)cc3)c3ccc4c(c3)C3(c5ccccc5-c5ccccc53)c3ccccc3-4)cc2)c2cc(N(c3ccc(-c4ccccc4)cc3)c3ccc4c(c3)C3(c5ccccc5-c5ccccc53)c3ccccc3-4)ccc21. The van der Waals surface area contributed by atoms with E-state index >= 15 is 0 Å². The Hall–Kier alpha value is -11.3. The molecule has 444 valence electrons. The van der Waals surface area contributed by atoms with Crippen molar-refractivity contribution in [3.05, 3.63) is 395 Å². The van der Waals surface area contributed by atoms with Crippen molar-refractivity contribution in [1.29, 1.82) is 0 Å². The van der Waals surface area contributed by atoms with Crippen molar-refractivity contribution >= 4 is 34.1 Å². The van der Waals surface area contributed by atoms with Crippen LogP contribution in [-0.2, 0) is 21.7 Å². The quantitative estimate of drug-likeness (QED) is 0.142. The van der Waals surface area contributed by atoms with Crippen LogP contribution in [0.1, 0.15) is 88.4 Å². The van der Waals surface area contributed by atoms with Crippen LogP contribution in [0.2, 0.25) is 0 Å². The molecule has 19 rings (SSSR count). The van der Waals surface area contributed by atoms with Gasteiger partial charge in [-0.2, -0.15) is 0 Å². The van der Waals surface area contributed by atoms with Gasteiger partial charge in [-0.05, 0) is 213 Å². The molecule has 2 spiro atoms. The summed E-state index contributed by atoms with van der Waals surface area (Å²) in [6.07, 6.45) is 0.962. The lowest BCUT2D eigenvalue weighted by atomic mass is 9.70. The van der Waals surface area contributed by atoms with Gasteiger partial charge in [0, 0.05) is 39.5 Å². The third kappa shape index (κ3) is 7.60. The molecule has 0 heterocycles. The summed E-state index contributed by atoms with van der Waals surface area (Å²) >= 11 is 0. The summed E-state index contributed by atoms with van der Waals surface area (Å²) in [5, 5.41) is 0. The minimum absolute atomic E-state index is 0.0968. The third-order valence-corrected chi connectivity index (χ3v) is 22.1. The number of rotatable bonds is 9. The highest BCUT2D eigenvalue weighted by Gasteiger charge is 2.54. The van der Waals surface area contributed by atoms with E-state index < -0.39 is 10.8 Å². The van der Waals surface area contributed by atoms with E-state index in [9.17, 15) is 0 Å². The van der Waals surface area contributed by atoms with E-state index in [4.69, 9.17) is 0 Å². The molecule has 0 saturated carbocycles. The molecule has 0 amide bonds. The molecule has 0 aromatic heterocycles. The Morgan fingerprint density at radius 1 is 0.213 bits per heavy atom.